The standard InChI is InChI=1S/C32H39NO6/c1-22(24-11-5-6-12-24)37-31(35)39-38-26-15-14-25-19-29-27-13-7-8-16-32(27,28(25)20-26)17-18-33(29)30(34)36-21-23-9-3-2-4-10-23/h2-4,9-10,14-15,20,22,24,27,29H,5-8,11-13,16-19,21H2,1H3/t22?,27-,29+,32+/m0/s1. The third-order valence-electron chi connectivity index (χ3n) is 9.80. The van der Waals surface area contributed by atoms with Crippen molar-refractivity contribution >= 4 is 12.2 Å². The molecule has 2 saturated carbocycles. The highest BCUT2D eigenvalue weighted by Gasteiger charge is 2.55. The summed E-state index contributed by atoms with van der Waals surface area (Å²) in [4.78, 5) is 38.1. The highest BCUT2D eigenvalue weighted by atomic mass is 17.2. The summed E-state index contributed by atoms with van der Waals surface area (Å²) < 4.78 is 11.2. The summed E-state index contributed by atoms with van der Waals surface area (Å²) in [6.07, 6.45) is 9.62. The molecule has 2 bridgehead atoms. The zero-order chi connectivity index (χ0) is 26.8. The van der Waals surface area contributed by atoms with E-state index in [1.54, 1.807) is 0 Å². The second kappa shape index (κ2) is 11.1. The molecule has 0 aromatic heterocycles. The topological polar surface area (TPSA) is 74.3 Å². The van der Waals surface area contributed by atoms with Gasteiger partial charge in [0, 0.05) is 18.0 Å². The van der Waals surface area contributed by atoms with Gasteiger partial charge < -0.3 is 14.4 Å². The number of nitrogens with zero attached hydrogens (tertiary/aromatic N) is 1. The third-order valence-corrected chi connectivity index (χ3v) is 9.80. The predicted molar refractivity (Wildman–Crippen MR) is 145 cm³/mol. The Kier molecular flexibility index (Phi) is 7.41. The maximum atomic E-state index is 13.2. The Hall–Kier alpha value is -3.22. The molecule has 1 amide bonds. The van der Waals surface area contributed by atoms with Crippen LogP contribution in [0.5, 0.6) is 5.75 Å². The highest BCUT2D eigenvalue weighted by Crippen LogP contribution is 2.56. The van der Waals surface area contributed by atoms with Crippen molar-refractivity contribution in [2.75, 3.05) is 6.54 Å². The van der Waals surface area contributed by atoms with Crippen molar-refractivity contribution in [1.82, 2.24) is 4.90 Å². The van der Waals surface area contributed by atoms with E-state index in [1.807, 2.05) is 48.2 Å². The van der Waals surface area contributed by atoms with Gasteiger partial charge in [-0.25, -0.2) is 9.68 Å². The summed E-state index contributed by atoms with van der Waals surface area (Å²) in [6, 6.07) is 15.9. The third kappa shape index (κ3) is 5.20. The molecule has 1 saturated heterocycles. The fourth-order valence-corrected chi connectivity index (χ4v) is 7.84. The predicted octanol–water partition coefficient (Wildman–Crippen LogP) is 7.11. The Morgan fingerprint density at radius 2 is 1.79 bits per heavy atom. The number of ether oxygens (including phenoxy) is 2. The summed E-state index contributed by atoms with van der Waals surface area (Å²) >= 11 is 0. The largest absolute Gasteiger partial charge is 0.550 e. The summed E-state index contributed by atoms with van der Waals surface area (Å²) in [5, 5.41) is 0. The lowest BCUT2D eigenvalue weighted by atomic mass is 9.52. The van der Waals surface area contributed by atoms with E-state index in [4.69, 9.17) is 19.2 Å². The van der Waals surface area contributed by atoms with Crippen molar-refractivity contribution in [2.24, 2.45) is 11.8 Å². The molecular formula is C32H39NO6. The molecule has 39 heavy (non-hydrogen) atoms. The van der Waals surface area contributed by atoms with Crippen LogP contribution >= 0.6 is 0 Å². The van der Waals surface area contributed by atoms with E-state index < -0.39 is 6.16 Å². The van der Waals surface area contributed by atoms with Gasteiger partial charge in [0.05, 0.1) is 0 Å². The number of benzene rings is 2. The molecule has 2 aromatic carbocycles. The Labute approximate surface area is 230 Å². The molecule has 1 aliphatic heterocycles. The van der Waals surface area contributed by atoms with Crippen LogP contribution in [-0.2, 0) is 32.8 Å². The van der Waals surface area contributed by atoms with E-state index >= 15 is 0 Å². The Morgan fingerprint density at radius 1 is 1.00 bits per heavy atom. The number of carbonyl (C=O) groups is 2. The molecule has 0 spiro atoms. The fourth-order valence-electron chi connectivity index (χ4n) is 7.84. The van der Waals surface area contributed by atoms with Gasteiger partial charge >= 0.3 is 12.2 Å². The van der Waals surface area contributed by atoms with Crippen molar-refractivity contribution in [1.29, 1.82) is 0 Å². The zero-order valence-electron chi connectivity index (χ0n) is 22.8. The van der Waals surface area contributed by atoms with E-state index in [1.165, 1.54) is 36.8 Å². The molecule has 4 aliphatic rings. The van der Waals surface area contributed by atoms with Gasteiger partial charge in [0.2, 0.25) is 0 Å². The van der Waals surface area contributed by atoms with Crippen LogP contribution in [0.25, 0.3) is 0 Å². The molecular weight excluding hydrogens is 494 g/mol. The molecule has 6 rings (SSSR count). The van der Waals surface area contributed by atoms with Crippen LogP contribution < -0.4 is 4.89 Å². The number of likely N-dealkylation sites (tertiary alicyclic amines) is 1. The van der Waals surface area contributed by atoms with Crippen LogP contribution in [0.15, 0.2) is 48.5 Å². The van der Waals surface area contributed by atoms with Gasteiger partial charge in [0.15, 0.2) is 5.75 Å². The van der Waals surface area contributed by atoms with Gasteiger partial charge in [-0.1, -0.05) is 62.1 Å². The van der Waals surface area contributed by atoms with E-state index in [0.717, 1.165) is 44.1 Å². The van der Waals surface area contributed by atoms with Gasteiger partial charge in [0.1, 0.15) is 12.7 Å². The van der Waals surface area contributed by atoms with E-state index in [2.05, 4.69) is 12.1 Å². The number of carbonyl (C=O) groups excluding carboxylic acids is 2. The number of piperidine rings is 1. The second-order valence-corrected chi connectivity index (χ2v) is 11.9. The van der Waals surface area contributed by atoms with Crippen LogP contribution in [-0.4, -0.2) is 35.8 Å². The van der Waals surface area contributed by atoms with E-state index in [9.17, 15) is 9.59 Å². The first-order valence-electron chi connectivity index (χ1n) is 14.7. The quantitative estimate of drug-likeness (QED) is 0.224. The second-order valence-electron chi connectivity index (χ2n) is 11.9. The summed E-state index contributed by atoms with van der Waals surface area (Å²) in [6.45, 7) is 2.90. The first-order valence-corrected chi connectivity index (χ1v) is 14.7. The minimum absolute atomic E-state index is 0.00355. The molecule has 1 heterocycles. The summed E-state index contributed by atoms with van der Waals surface area (Å²) in [7, 11) is 0. The average Bonchev–Trinajstić information content (AvgIpc) is 3.51. The highest BCUT2D eigenvalue weighted by molar-refractivity contribution is 5.69. The Balaban J connectivity index is 1.14. The van der Waals surface area contributed by atoms with Crippen molar-refractivity contribution in [3.8, 4) is 5.75 Å². The molecule has 7 nitrogen and oxygen atoms in total. The first-order chi connectivity index (χ1) is 19.0. The Morgan fingerprint density at radius 3 is 2.62 bits per heavy atom. The average molecular weight is 534 g/mol. The van der Waals surface area contributed by atoms with Crippen LogP contribution in [0, 0.1) is 11.8 Å². The molecule has 3 fully saturated rings. The maximum absolute atomic E-state index is 13.2. The van der Waals surface area contributed by atoms with Crippen LogP contribution in [0.2, 0.25) is 0 Å². The molecule has 3 aliphatic carbocycles. The number of rotatable bonds is 6. The Bertz CT molecular complexity index is 1180. The molecule has 4 atom stereocenters. The summed E-state index contributed by atoms with van der Waals surface area (Å²) in [5.74, 6) is 1.30. The van der Waals surface area contributed by atoms with E-state index in [0.29, 0.717) is 24.1 Å². The lowest BCUT2D eigenvalue weighted by Crippen LogP contribution is -2.62. The van der Waals surface area contributed by atoms with Crippen molar-refractivity contribution in [3.05, 3.63) is 65.2 Å². The number of fused-ring (bicyclic) bond motifs is 1. The fraction of sp³-hybridized carbons (Fsp3) is 0.562. The zero-order valence-corrected chi connectivity index (χ0v) is 22.8. The van der Waals surface area contributed by atoms with Gasteiger partial charge in [-0.2, -0.15) is 4.79 Å². The number of hydrogen-bond acceptors (Lipinski definition) is 6. The van der Waals surface area contributed by atoms with E-state index in [-0.39, 0.29) is 30.3 Å². The lowest BCUT2D eigenvalue weighted by molar-refractivity contribution is -0.175. The number of amides is 1. The maximum Gasteiger partial charge on any atom is 0.550 e. The number of hydrogen-bond donors (Lipinski definition) is 0. The molecule has 1 unspecified atom stereocenters. The minimum Gasteiger partial charge on any atom is -0.445 e. The molecule has 2 aromatic rings. The minimum atomic E-state index is -0.789. The van der Waals surface area contributed by atoms with Gasteiger partial charge in [-0.05, 0) is 86.1 Å². The molecule has 7 heteroatoms. The molecule has 0 radical (unpaired) electrons. The molecule has 208 valence electrons. The normalized spacial score (nSPS) is 26.6. The van der Waals surface area contributed by atoms with Crippen LogP contribution in [0.4, 0.5) is 9.59 Å². The first kappa shape index (κ1) is 26.0. The smallest absolute Gasteiger partial charge is 0.445 e. The van der Waals surface area contributed by atoms with Gasteiger partial charge in [-0.3, -0.25) is 4.89 Å². The lowest BCUT2D eigenvalue weighted by Gasteiger charge is -2.58. The van der Waals surface area contributed by atoms with Gasteiger partial charge in [-0.15, -0.1) is 0 Å². The summed E-state index contributed by atoms with van der Waals surface area (Å²) in [5.41, 5.74) is 3.53. The van der Waals surface area contributed by atoms with Crippen molar-refractivity contribution in [3.63, 3.8) is 0 Å². The van der Waals surface area contributed by atoms with Gasteiger partial charge in [0.25, 0.3) is 0 Å². The molecule has 0 N–H and O–H groups in total. The van der Waals surface area contributed by atoms with Crippen LogP contribution in [0.1, 0.15) is 81.4 Å². The SMILES string of the molecule is CC(OC(=O)OOc1ccc2c(c1)[C@@]13CCCC[C@H]1[C@@H](C2)N(C(=O)OCc1ccccc1)CC3)C1CCCC1. The van der Waals surface area contributed by atoms with Crippen LogP contribution in [0.3, 0.4) is 0 Å². The van der Waals surface area contributed by atoms with Crippen molar-refractivity contribution in [2.45, 2.75) is 95.3 Å². The monoisotopic (exact) mass is 533 g/mol. The van der Waals surface area contributed by atoms with Crippen molar-refractivity contribution < 1.29 is 28.8 Å².